The van der Waals surface area contributed by atoms with Crippen LogP contribution in [0.1, 0.15) is 24.2 Å². The monoisotopic (exact) mass is 318 g/mol. The van der Waals surface area contributed by atoms with Gasteiger partial charge in [-0.1, -0.05) is 6.07 Å². The van der Waals surface area contributed by atoms with Gasteiger partial charge in [0.1, 0.15) is 17.6 Å². The van der Waals surface area contributed by atoms with Gasteiger partial charge in [-0.05, 0) is 42.3 Å². The number of rotatable bonds is 7. The van der Waals surface area contributed by atoms with Crippen LogP contribution in [0, 0.1) is 0 Å². The molecule has 5 nitrogen and oxygen atoms in total. The second kappa shape index (κ2) is 7.74. The molecule has 0 aliphatic rings. The Morgan fingerprint density at radius 3 is 2.00 bits per heavy atom. The smallest absolute Gasteiger partial charge is 0.161 e. The summed E-state index contributed by atoms with van der Waals surface area (Å²) in [6.07, 6.45) is -0.830. The van der Waals surface area contributed by atoms with E-state index < -0.39 is 6.10 Å². The molecule has 0 aliphatic heterocycles. The van der Waals surface area contributed by atoms with E-state index in [0.717, 1.165) is 0 Å². The van der Waals surface area contributed by atoms with Crippen LogP contribution in [-0.4, -0.2) is 33.0 Å². The SMILES string of the molecule is CCOc1cc([C@@H](O)c2cc(OC)cc(OC)c2)ccc1OC. The van der Waals surface area contributed by atoms with E-state index in [9.17, 15) is 5.11 Å². The first-order chi connectivity index (χ1) is 11.1. The highest BCUT2D eigenvalue weighted by molar-refractivity contribution is 5.47. The molecule has 0 radical (unpaired) electrons. The number of methoxy groups -OCH3 is 3. The van der Waals surface area contributed by atoms with Crippen LogP contribution in [0.4, 0.5) is 0 Å². The van der Waals surface area contributed by atoms with Crippen LogP contribution < -0.4 is 18.9 Å². The zero-order chi connectivity index (χ0) is 16.8. The second-order valence-electron chi connectivity index (χ2n) is 4.89. The molecule has 0 heterocycles. The van der Waals surface area contributed by atoms with Crippen LogP contribution in [-0.2, 0) is 0 Å². The molecular weight excluding hydrogens is 296 g/mol. The third-order valence-corrected chi connectivity index (χ3v) is 3.49. The van der Waals surface area contributed by atoms with Crippen LogP contribution >= 0.6 is 0 Å². The molecule has 0 aliphatic carbocycles. The van der Waals surface area contributed by atoms with Crippen molar-refractivity contribution >= 4 is 0 Å². The molecule has 0 aromatic heterocycles. The highest BCUT2D eigenvalue weighted by Gasteiger charge is 2.16. The van der Waals surface area contributed by atoms with Gasteiger partial charge in [0.15, 0.2) is 11.5 Å². The molecule has 124 valence electrons. The van der Waals surface area contributed by atoms with E-state index >= 15 is 0 Å². The summed E-state index contributed by atoms with van der Waals surface area (Å²) in [5, 5.41) is 10.7. The molecule has 0 spiro atoms. The number of hydrogen-bond acceptors (Lipinski definition) is 5. The zero-order valence-electron chi connectivity index (χ0n) is 13.8. The number of aliphatic hydroxyl groups excluding tert-OH is 1. The van der Waals surface area contributed by atoms with Crippen LogP contribution in [0.25, 0.3) is 0 Å². The first kappa shape index (κ1) is 17.0. The molecule has 0 saturated heterocycles. The molecule has 2 aromatic rings. The molecule has 0 bridgehead atoms. The lowest BCUT2D eigenvalue weighted by molar-refractivity contribution is 0.218. The molecule has 2 rings (SSSR count). The molecule has 1 atom stereocenters. The van der Waals surface area contributed by atoms with Crippen molar-refractivity contribution in [3.05, 3.63) is 47.5 Å². The highest BCUT2D eigenvalue weighted by atomic mass is 16.5. The topological polar surface area (TPSA) is 57.2 Å². The largest absolute Gasteiger partial charge is 0.497 e. The summed E-state index contributed by atoms with van der Waals surface area (Å²) in [5.41, 5.74) is 1.37. The van der Waals surface area contributed by atoms with E-state index in [1.165, 1.54) is 0 Å². The zero-order valence-corrected chi connectivity index (χ0v) is 13.8. The van der Waals surface area contributed by atoms with Gasteiger partial charge < -0.3 is 24.1 Å². The Hall–Kier alpha value is -2.40. The van der Waals surface area contributed by atoms with Gasteiger partial charge >= 0.3 is 0 Å². The molecule has 0 unspecified atom stereocenters. The minimum absolute atomic E-state index is 0.517. The predicted octanol–water partition coefficient (Wildman–Crippen LogP) is 3.19. The molecule has 23 heavy (non-hydrogen) atoms. The molecule has 0 fully saturated rings. The van der Waals surface area contributed by atoms with Gasteiger partial charge in [0.05, 0.1) is 27.9 Å². The van der Waals surface area contributed by atoms with Crippen LogP contribution in [0.15, 0.2) is 36.4 Å². The number of ether oxygens (including phenoxy) is 4. The van der Waals surface area contributed by atoms with Crippen molar-refractivity contribution < 1.29 is 24.1 Å². The van der Waals surface area contributed by atoms with E-state index in [1.54, 1.807) is 57.7 Å². The van der Waals surface area contributed by atoms with E-state index in [2.05, 4.69) is 0 Å². The maximum absolute atomic E-state index is 10.7. The van der Waals surface area contributed by atoms with Gasteiger partial charge in [-0.15, -0.1) is 0 Å². The number of benzene rings is 2. The van der Waals surface area contributed by atoms with Gasteiger partial charge in [-0.25, -0.2) is 0 Å². The summed E-state index contributed by atoms with van der Waals surface area (Å²) < 4.78 is 21.3. The van der Waals surface area contributed by atoms with Crippen molar-refractivity contribution in [2.24, 2.45) is 0 Å². The van der Waals surface area contributed by atoms with Crippen molar-refractivity contribution in [3.63, 3.8) is 0 Å². The Balaban J connectivity index is 2.39. The van der Waals surface area contributed by atoms with E-state index in [-0.39, 0.29) is 0 Å². The Labute approximate surface area is 136 Å². The summed E-state index contributed by atoms with van der Waals surface area (Å²) >= 11 is 0. The normalized spacial score (nSPS) is 11.7. The van der Waals surface area contributed by atoms with Gasteiger partial charge in [0.2, 0.25) is 0 Å². The average Bonchev–Trinajstić information content (AvgIpc) is 2.60. The van der Waals surface area contributed by atoms with Crippen LogP contribution in [0.3, 0.4) is 0 Å². The first-order valence-electron chi connectivity index (χ1n) is 7.34. The van der Waals surface area contributed by atoms with Crippen molar-refractivity contribution in [2.75, 3.05) is 27.9 Å². The Morgan fingerprint density at radius 1 is 0.826 bits per heavy atom. The minimum Gasteiger partial charge on any atom is -0.497 e. The predicted molar refractivity (Wildman–Crippen MR) is 87.8 cm³/mol. The first-order valence-corrected chi connectivity index (χ1v) is 7.34. The standard InChI is InChI=1S/C18H22O5/c1-5-23-17-10-12(6-7-16(17)22-4)18(19)13-8-14(20-2)11-15(9-13)21-3/h6-11,18-19H,5H2,1-4H3/t18-/m1/s1. The lowest BCUT2D eigenvalue weighted by Crippen LogP contribution is -2.03. The number of aliphatic hydroxyl groups is 1. The summed E-state index contributed by atoms with van der Waals surface area (Å²) in [7, 11) is 4.73. The molecule has 2 aromatic carbocycles. The number of hydrogen-bond donors (Lipinski definition) is 1. The van der Waals surface area contributed by atoms with Crippen molar-refractivity contribution in [1.29, 1.82) is 0 Å². The third-order valence-electron chi connectivity index (χ3n) is 3.49. The average molecular weight is 318 g/mol. The fourth-order valence-corrected chi connectivity index (χ4v) is 2.31. The van der Waals surface area contributed by atoms with Crippen LogP contribution in [0.2, 0.25) is 0 Å². The maximum atomic E-state index is 10.7. The van der Waals surface area contributed by atoms with E-state index in [1.807, 2.05) is 6.92 Å². The summed E-state index contributed by atoms with van der Waals surface area (Å²) in [5.74, 6) is 2.47. The van der Waals surface area contributed by atoms with E-state index in [0.29, 0.717) is 40.7 Å². The van der Waals surface area contributed by atoms with Gasteiger partial charge in [0, 0.05) is 6.07 Å². The Kier molecular flexibility index (Phi) is 5.71. The van der Waals surface area contributed by atoms with Crippen molar-refractivity contribution in [3.8, 4) is 23.0 Å². The van der Waals surface area contributed by atoms with Gasteiger partial charge in [0.25, 0.3) is 0 Å². The van der Waals surface area contributed by atoms with Gasteiger partial charge in [-0.2, -0.15) is 0 Å². The highest BCUT2D eigenvalue weighted by Crippen LogP contribution is 2.34. The fourth-order valence-electron chi connectivity index (χ4n) is 2.31. The van der Waals surface area contributed by atoms with Crippen LogP contribution in [0.5, 0.6) is 23.0 Å². The third kappa shape index (κ3) is 3.87. The second-order valence-corrected chi connectivity index (χ2v) is 4.89. The molecular formula is C18H22O5. The van der Waals surface area contributed by atoms with Crippen molar-refractivity contribution in [1.82, 2.24) is 0 Å². The quantitative estimate of drug-likeness (QED) is 0.849. The van der Waals surface area contributed by atoms with Gasteiger partial charge in [-0.3, -0.25) is 0 Å². The lowest BCUT2D eigenvalue weighted by Gasteiger charge is -2.16. The summed E-state index contributed by atoms with van der Waals surface area (Å²) in [4.78, 5) is 0. The molecule has 1 N–H and O–H groups in total. The lowest BCUT2D eigenvalue weighted by atomic mass is 10.0. The van der Waals surface area contributed by atoms with E-state index in [4.69, 9.17) is 18.9 Å². The fraction of sp³-hybridized carbons (Fsp3) is 0.333. The Bertz CT molecular complexity index is 632. The Morgan fingerprint density at radius 2 is 1.48 bits per heavy atom. The summed E-state index contributed by atoms with van der Waals surface area (Å²) in [6.45, 7) is 2.42. The molecule has 0 amide bonds. The van der Waals surface area contributed by atoms with Crippen molar-refractivity contribution in [2.45, 2.75) is 13.0 Å². The summed E-state index contributed by atoms with van der Waals surface area (Å²) in [6, 6.07) is 10.7. The molecule has 0 saturated carbocycles. The maximum Gasteiger partial charge on any atom is 0.161 e. The molecule has 5 heteroatoms. The minimum atomic E-state index is -0.830.